The van der Waals surface area contributed by atoms with Crippen LogP contribution in [0.3, 0.4) is 0 Å². The fraction of sp³-hybridized carbons (Fsp3) is 0.105. The van der Waals surface area contributed by atoms with Crippen LogP contribution in [0.15, 0.2) is 417 Å². The molecule has 0 bridgehead atoms. The Morgan fingerprint density at radius 3 is 1.13 bits per heavy atom. The van der Waals surface area contributed by atoms with E-state index in [2.05, 4.69) is 343 Å². The lowest BCUT2D eigenvalue weighted by atomic mass is 9.85. The van der Waals surface area contributed by atoms with Gasteiger partial charge in [-0.3, -0.25) is 59.8 Å². The fourth-order valence-electron chi connectivity index (χ4n) is 17.8. The lowest BCUT2D eigenvalue weighted by Crippen LogP contribution is -2.10. The summed E-state index contributed by atoms with van der Waals surface area (Å²) >= 11 is 1.67. The molecular formula is C124H100FN17S. The van der Waals surface area contributed by atoms with Crippen LogP contribution in [0.2, 0.25) is 0 Å². The third-order valence-corrected chi connectivity index (χ3v) is 26.1. The zero-order chi connectivity index (χ0) is 97.7. The minimum atomic E-state index is -0.203. The molecule has 694 valence electrons. The summed E-state index contributed by atoms with van der Waals surface area (Å²) in [6, 6.07) is 104. The van der Waals surface area contributed by atoms with Crippen LogP contribution in [0.25, 0.3) is 167 Å². The second kappa shape index (κ2) is 42.3. The van der Waals surface area contributed by atoms with Crippen molar-refractivity contribution >= 4 is 51.5 Å². The number of hydrogen-bond donors (Lipinski definition) is 0. The molecule has 19 heteroatoms. The molecule has 0 saturated carbocycles. The van der Waals surface area contributed by atoms with Gasteiger partial charge in [0.25, 0.3) is 0 Å². The summed E-state index contributed by atoms with van der Waals surface area (Å²) in [7, 11) is 0. The molecule has 0 fully saturated rings. The number of rotatable bonds is 14. The van der Waals surface area contributed by atoms with E-state index in [0.29, 0.717) is 31.1 Å². The van der Waals surface area contributed by atoms with Crippen molar-refractivity contribution in [1.82, 2.24) is 68.6 Å². The molecule has 22 aromatic rings. The summed E-state index contributed by atoms with van der Waals surface area (Å²) in [5.41, 5.74) is 45.0. The molecule has 0 spiro atoms. The first kappa shape index (κ1) is 93.0. The molecule has 0 radical (unpaired) electrons. The number of aromatic nitrogens is 14. The molecule has 3 aliphatic heterocycles. The summed E-state index contributed by atoms with van der Waals surface area (Å²) in [6.07, 6.45) is 34.1. The van der Waals surface area contributed by atoms with Gasteiger partial charge in [-0.15, -0.1) is 11.3 Å². The maximum absolute atomic E-state index is 13.5. The maximum Gasteiger partial charge on any atom is 0.136 e. The molecule has 17 nitrogen and oxygen atoms in total. The smallest absolute Gasteiger partial charge is 0.136 e. The quantitative estimate of drug-likeness (QED) is 0.0999. The summed E-state index contributed by atoms with van der Waals surface area (Å²) in [5.74, 6) is 0.293. The normalized spacial score (nSPS) is 11.8. The Kier molecular flexibility index (Phi) is 27.5. The lowest BCUT2D eigenvalue weighted by Gasteiger charge is -2.20. The van der Waals surface area contributed by atoms with Crippen molar-refractivity contribution in [3.05, 3.63) is 469 Å². The highest BCUT2D eigenvalue weighted by molar-refractivity contribution is 7.16. The first-order valence-corrected chi connectivity index (χ1v) is 48.5. The predicted octanol–water partition coefficient (Wildman–Crippen LogP) is 29.5. The average molecular weight is 1880 g/mol. The molecule has 143 heavy (non-hydrogen) atoms. The second-order valence-electron chi connectivity index (χ2n) is 36.6. The molecule has 17 heterocycles. The third-order valence-electron chi connectivity index (χ3n) is 25.3. The summed E-state index contributed by atoms with van der Waals surface area (Å²) in [6.45, 7) is 19.1. The largest absolute Gasteiger partial charge is 0.306 e. The highest BCUT2D eigenvalue weighted by Gasteiger charge is 2.23. The van der Waals surface area contributed by atoms with Gasteiger partial charge in [-0.1, -0.05) is 210 Å². The number of fused-ring (bicyclic) bond motifs is 6. The number of thiazole rings is 1. The molecule has 8 aromatic carbocycles. The lowest BCUT2D eigenvalue weighted by molar-refractivity contribution is 0.590. The van der Waals surface area contributed by atoms with Crippen LogP contribution in [0, 0.1) is 26.6 Å². The second-order valence-corrected chi connectivity index (χ2v) is 37.5. The van der Waals surface area contributed by atoms with Gasteiger partial charge in [0.05, 0.1) is 86.6 Å². The van der Waals surface area contributed by atoms with E-state index >= 15 is 0 Å². The van der Waals surface area contributed by atoms with E-state index in [1.54, 1.807) is 36.7 Å². The first-order chi connectivity index (χ1) is 70.0. The summed E-state index contributed by atoms with van der Waals surface area (Å²) < 4.78 is 18.8. The number of imidazole rings is 2. The Bertz CT molecular complexity index is 8340. The SMILES string of the molecule is C1=NCc2ncc(-c3cccnc3-c3cccc(-c4ccccc4)c3)cc21.CC(C)(C)c1cccc(-c2ncccc2-c2cnc3c(c2)C=NC3)c1.CC(C)c1cccc(-c2ncccc2-c2cnc3c(c2)C=NC3)c1.Cc1cc(-c2ncccc2-c2ccc3nccn3c2)ccc1F.Cc1cccc(-c2ncccc2-c2ccc3nccn3c2)c1.Cc1cccc(-c2ncccc2-c2ccc3scnc3c2)c1. The van der Waals surface area contributed by atoms with Crippen molar-refractivity contribution in [3.63, 3.8) is 0 Å². The van der Waals surface area contributed by atoms with Gasteiger partial charge < -0.3 is 8.80 Å². The van der Waals surface area contributed by atoms with Crippen molar-refractivity contribution < 1.29 is 4.39 Å². The van der Waals surface area contributed by atoms with Crippen LogP contribution >= 0.6 is 11.3 Å². The van der Waals surface area contributed by atoms with Gasteiger partial charge in [0.2, 0.25) is 0 Å². The van der Waals surface area contributed by atoms with Crippen molar-refractivity contribution in [1.29, 1.82) is 0 Å². The van der Waals surface area contributed by atoms with Gasteiger partial charge in [-0.2, -0.15) is 0 Å². The first-order valence-electron chi connectivity index (χ1n) is 47.6. The standard InChI is InChI=1S/C24H17N3.C22H21N3.C21H19N3.C19H14FN3.C19H15N3.C19H14N2S/c1-2-6-17(7-3-1)18-8-4-9-19(12-18)24-22(10-5-11-26-24)20-13-21-14-25-16-23(21)27-15-20;1-22(2,3)18-7-4-6-15(11-18)21-19(8-5-9-24-21)16-10-17-12-23-14-20(17)25-13-16;1-14(2)15-5-3-6-16(9-15)21-19(7-4-8-23-21)17-10-18-11-22-13-20(18)24-12-17;1-13-11-14(4-6-17(13)20)19-16(3-2-8-22-19)15-5-7-18-21-9-10-23(18)12-15;1-14-4-2-5-15(12-14)19-17(6-3-9-21-19)16-7-8-18-20-10-11-22(18)13-16;1-13-4-2-5-15(10-13)19-16(6-3-9-20-19)14-7-8-18-17(11-14)21-12-22-18/h1-15H,16H2;4-13H,14H2,1-3H3;3-12,14H,13H2,1-2H3;2-12H,1H3;2-13H,1H3;2-12H,1H3. The van der Waals surface area contributed by atoms with Crippen LogP contribution in [-0.2, 0) is 25.0 Å². The molecule has 25 rings (SSSR count). The van der Waals surface area contributed by atoms with E-state index in [-0.39, 0.29) is 11.2 Å². The topological polar surface area (TPSA) is 201 Å². The van der Waals surface area contributed by atoms with Gasteiger partial charge in [0.1, 0.15) is 17.1 Å². The fourth-order valence-corrected chi connectivity index (χ4v) is 18.5. The van der Waals surface area contributed by atoms with E-state index in [9.17, 15) is 4.39 Å². The Labute approximate surface area is 834 Å². The molecule has 0 unspecified atom stereocenters. The maximum atomic E-state index is 13.5. The molecule has 0 saturated heterocycles. The number of benzene rings is 8. The number of nitrogens with zero attached hydrogens (tertiary/aromatic N) is 17. The van der Waals surface area contributed by atoms with Crippen molar-refractivity contribution in [2.45, 2.75) is 86.4 Å². The van der Waals surface area contributed by atoms with E-state index in [0.717, 1.165) is 185 Å². The average Bonchev–Trinajstić information content (AvgIpc) is 0.985. The molecule has 14 aromatic heterocycles. The van der Waals surface area contributed by atoms with Crippen LogP contribution in [0.4, 0.5) is 4.39 Å². The number of hydrogen-bond acceptors (Lipinski definition) is 16. The van der Waals surface area contributed by atoms with Gasteiger partial charge in [-0.25, -0.2) is 19.3 Å². The molecule has 3 aliphatic rings. The minimum absolute atomic E-state index is 0.108. The van der Waals surface area contributed by atoms with E-state index in [1.807, 2.05) is 180 Å². The van der Waals surface area contributed by atoms with Gasteiger partial charge in [0, 0.05) is 223 Å². The highest BCUT2D eigenvalue weighted by Crippen LogP contribution is 2.41. The molecular weight excluding hydrogens is 1780 g/mol. The van der Waals surface area contributed by atoms with Crippen molar-refractivity contribution in [2.75, 3.05) is 0 Å². The van der Waals surface area contributed by atoms with E-state index in [1.165, 1.54) is 44.1 Å². The third kappa shape index (κ3) is 21.3. The Morgan fingerprint density at radius 1 is 0.301 bits per heavy atom. The Hall–Kier alpha value is -17.7. The molecule has 0 aliphatic carbocycles. The van der Waals surface area contributed by atoms with Crippen LogP contribution in [-0.4, -0.2) is 87.3 Å². The van der Waals surface area contributed by atoms with Gasteiger partial charge in [0.15, 0.2) is 0 Å². The Balaban J connectivity index is 0.000000105. The zero-order valence-corrected chi connectivity index (χ0v) is 81.2. The Morgan fingerprint density at radius 2 is 0.685 bits per heavy atom. The van der Waals surface area contributed by atoms with Crippen LogP contribution < -0.4 is 0 Å². The van der Waals surface area contributed by atoms with Crippen molar-refractivity contribution in [2.24, 2.45) is 15.0 Å². The monoisotopic (exact) mass is 1880 g/mol. The highest BCUT2D eigenvalue weighted by atomic mass is 32.1. The van der Waals surface area contributed by atoms with Gasteiger partial charge in [-0.05, 0) is 205 Å². The minimum Gasteiger partial charge on any atom is -0.306 e. The zero-order valence-electron chi connectivity index (χ0n) is 80.4. The molecule has 0 amide bonds. The number of aliphatic imine (C=N–C) groups is 3. The van der Waals surface area contributed by atoms with Crippen molar-refractivity contribution in [3.8, 4) is 145 Å². The van der Waals surface area contributed by atoms with E-state index in [4.69, 9.17) is 4.98 Å². The van der Waals surface area contributed by atoms with Gasteiger partial charge >= 0.3 is 0 Å². The summed E-state index contributed by atoms with van der Waals surface area (Å²) in [4.78, 5) is 67.4. The molecule has 0 N–H and O–H groups in total. The molecule has 0 atom stereocenters. The van der Waals surface area contributed by atoms with Crippen LogP contribution in [0.5, 0.6) is 0 Å². The number of halogens is 1. The summed E-state index contributed by atoms with van der Waals surface area (Å²) in [5, 5.41) is 0. The predicted molar refractivity (Wildman–Crippen MR) is 581 cm³/mol. The number of aryl methyl sites for hydroxylation is 3. The van der Waals surface area contributed by atoms with E-state index < -0.39 is 0 Å². The number of pyridine rings is 11. The van der Waals surface area contributed by atoms with Crippen LogP contribution in [0.1, 0.15) is 102 Å².